The SMILES string of the molecule is CC[C@@H](C)c1ccccc1NC(=S)NC(=O)c1ccccc1F. The maximum atomic E-state index is 13.6. The summed E-state index contributed by atoms with van der Waals surface area (Å²) in [7, 11) is 0. The fraction of sp³-hybridized carbons (Fsp3) is 0.222. The highest BCUT2D eigenvalue weighted by molar-refractivity contribution is 7.80. The van der Waals surface area contributed by atoms with Crippen LogP contribution in [0.1, 0.15) is 42.1 Å². The number of amides is 1. The van der Waals surface area contributed by atoms with E-state index in [4.69, 9.17) is 12.2 Å². The van der Waals surface area contributed by atoms with E-state index in [0.29, 0.717) is 5.92 Å². The van der Waals surface area contributed by atoms with Gasteiger partial charge in [-0.2, -0.15) is 0 Å². The van der Waals surface area contributed by atoms with Crippen molar-refractivity contribution in [2.24, 2.45) is 0 Å². The molecule has 1 atom stereocenters. The first-order chi connectivity index (χ1) is 11.0. The molecule has 0 saturated heterocycles. The first kappa shape index (κ1) is 17.1. The second-order valence-electron chi connectivity index (χ2n) is 5.28. The lowest BCUT2D eigenvalue weighted by atomic mass is 9.97. The highest BCUT2D eigenvalue weighted by Gasteiger charge is 2.14. The van der Waals surface area contributed by atoms with Crippen LogP contribution in [0.4, 0.5) is 10.1 Å². The number of hydrogen-bond acceptors (Lipinski definition) is 2. The molecule has 0 aliphatic rings. The highest BCUT2D eigenvalue weighted by atomic mass is 32.1. The van der Waals surface area contributed by atoms with Crippen molar-refractivity contribution in [3.63, 3.8) is 0 Å². The van der Waals surface area contributed by atoms with Crippen LogP contribution in [0.5, 0.6) is 0 Å². The van der Waals surface area contributed by atoms with E-state index in [2.05, 4.69) is 24.5 Å². The van der Waals surface area contributed by atoms with Crippen LogP contribution in [0.15, 0.2) is 48.5 Å². The van der Waals surface area contributed by atoms with Crippen molar-refractivity contribution in [3.8, 4) is 0 Å². The van der Waals surface area contributed by atoms with Crippen molar-refractivity contribution in [1.29, 1.82) is 0 Å². The van der Waals surface area contributed by atoms with Crippen molar-refractivity contribution in [1.82, 2.24) is 5.32 Å². The zero-order valence-corrected chi connectivity index (χ0v) is 13.9. The lowest BCUT2D eigenvalue weighted by Crippen LogP contribution is -2.34. The van der Waals surface area contributed by atoms with Gasteiger partial charge in [0.1, 0.15) is 5.82 Å². The number of hydrogen-bond donors (Lipinski definition) is 2. The van der Waals surface area contributed by atoms with Crippen LogP contribution in [-0.4, -0.2) is 11.0 Å². The molecule has 0 bridgehead atoms. The maximum absolute atomic E-state index is 13.6. The number of para-hydroxylation sites is 1. The molecule has 0 aliphatic heterocycles. The van der Waals surface area contributed by atoms with E-state index in [1.807, 2.05) is 24.3 Å². The Morgan fingerprint density at radius 1 is 1.17 bits per heavy atom. The fourth-order valence-electron chi connectivity index (χ4n) is 2.23. The van der Waals surface area contributed by atoms with E-state index in [0.717, 1.165) is 17.7 Å². The smallest absolute Gasteiger partial charge is 0.260 e. The minimum absolute atomic E-state index is 0.0353. The van der Waals surface area contributed by atoms with Gasteiger partial charge in [-0.3, -0.25) is 10.1 Å². The molecule has 2 N–H and O–H groups in total. The maximum Gasteiger partial charge on any atom is 0.260 e. The van der Waals surface area contributed by atoms with Gasteiger partial charge in [-0.05, 0) is 48.3 Å². The summed E-state index contributed by atoms with van der Waals surface area (Å²) in [5.41, 5.74) is 1.94. The molecule has 2 aromatic rings. The summed E-state index contributed by atoms with van der Waals surface area (Å²) in [6, 6.07) is 13.6. The Bertz CT molecular complexity index is 718. The van der Waals surface area contributed by atoms with E-state index in [1.165, 1.54) is 18.2 Å². The summed E-state index contributed by atoms with van der Waals surface area (Å²) < 4.78 is 13.6. The molecule has 0 radical (unpaired) electrons. The van der Waals surface area contributed by atoms with Gasteiger partial charge < -0.3 is 5.32 Å². The van der Waals surface area contributed by atoms with Crippen molar-refractivity contribution < 1.29 is 9.18 Å². The molecule has 0 heterocycles. The van der Waals surface area contributed by atoms with Crippen molar-refractivity contribution >= 4 is 28.9 Å². The van der Waals surface area contributed by atoms with Gasteiger partial charge in [-0.1, -0.05) is 44.2 Å². The van der Waals surface area contributed by atoms with Crippen molar-refractivity contribution in [3.05, 3.63) is 65.5 Å². The largest absolute Gasteiger partial charge is 0.332 e. The van der Waals surface area contributed by atoms with E-state index >= 15 is 0 Å². The Morgan fingerprint density at radius 3 is 2.52 bits per heavy atom. The summed E-state index contributed by atoms with van der Waals surface area (Å²) in [5, 5.41) is 5.68. The second kappa shape index (κ2) is 7.83. The average molecular weight is 330 g/mol. The minimum Gasteiger partial charge on any atom is -0.332 e. The molecule has 0 fully saturated rings. The molecule has 1 amide bonds. The Kier molecular flexibility index (Phi) is 5.82. The predicted octanol–water partition coefficient (Wildman–Crippen LogP) is 4.47. The molecule has 2 aromatic carbocycles. The molecule has 0 saturated carbocycles. The summed E-state index contributed by atoms with van der Waals surface area (Å²) in [6.07, 6.45) is 0.993. The van der Waals surface area contributed by atoms with Crippen LogP contribution in [0.25, 0.3) is 0 Å². The topological polar surface area (TPSA) is 41.1 Å². The quantitative estimate of drug-likeness (QED) is 0.813. The first-order valence-corrected chi connectivity index (χ1v) is 7.89. The number of carbonyl (C=O) groups excluding carboxylic acids is 1. The fourth-order valence-corrected chi connectivity index (χ4v) is 2.43. The minimum atomic E-state index is -0.576. The number of thiocarbonyl (C=S) groups is 1. The van der Waals surface area contributed by atoms with Crippen LogP contribution in [-0.2, 0) is 0 Å². The third kappa shape index (κ3) is 4.36. The molecular weight excluding hydrogens is 311 g/mol. The van der Waals surface area contributed by atoms with Crippen molar-refractivity contribution in [2.75, 3.05) is 5.32 Å². The molecule has 120 valence electrons. The van der Waals surface area contributed by atoms with E-state index in [9.17, 15) is 9.18 Å². The van der Waals surface area contributed by atoms with Gasteiger partial charge in [-0.15, -0.1) is 0 Å². The Hall–Kier alpha value is -2.27. The number of nitrogens with one attached hydrogen (secondary N) is 2. The standard InChI is InChI=1S/C18H19FN2OS/c1-3-12(2)13-8-5-7-11-16(13)20-18(23)21-17(22)14-9-4-6-10-15(14)19/h4-12H,3H2,1-2H3,(H2,20,21,22,23)/t12-/m1/s1. The lowest BCUT2D eigenvalue weighted by molar-refractivity contribution is 0.0974. The first-order valence-electron chi connectivity index (χ1n) is 7.48. The Balaban J connectivity index is 2.09. The van der Waals surface area contributed by atoms with Gasteiger partial charge in [0.05, 0.1) is 5.56 Å². The molecule has 0 aliphatic carbocycles. The third-order valence-corrected chi connectivity index (χ3v) is 3.90. The Morgan fingerprint density at radius 2 is 1.83 bits per heavy atom. The predicted molar refractivity (Wildman–Crippen MR) is 95.2 cm³/mol. The zero-order valence-electron chi connectivity index (χ0n) is 13.1. The van der Waals surface area contributed by atoms with Crippen LogP contribution in [0.3, 0.4) is 0 Å². The van der Waals surface area contributed by atoms with E-state index < -0.39 is 11.7 Å². The normalized spacial score (nSPS) is 11.6. The number of benzene rings is 2. The summed E-state index contributed by atoms with van der Waals surface area (Å²) in [4.78, 5) is 12.1. The third-order valence-electron chi connectivity index (χ3n) is 3.70. The van der Waals surface area contributed by atoms with Gasteiger partial charge in [0.15, 0.2) is 5.11 Å². The van der Waals surface area contributed by atoms with Gasteiger partial charge in [0.25, 0.3) is 5.91 Å². The number of anilines is 1. The number of rotatable bonds is 4. The van der Waals surface area contributed by atoms with Gasteiger partial charge in [-0.25, -0.2) is 4.39 Å². The molecule has 3 nitrogen and oxygen atoms in total. The van der Waals surface area contributed by atoms with Crippen LogP contribution in [0.2, 0.25) is 0 Å². The molecule has 23 heavy (non-hydrogen) atoms. The zero-order chi connectivity index (χ0) is 16.8. The lowest BCUT2D eigenvalue weighted by Gasteiger charge is -2.17. The van der Waals surface area contributed by atoms with Gasteiger partial charge >= 0.3 is 0 Å². The van der Waals surface area contributed by atoms with E-state index in [-0.39, 0.29) is 10.7 Å². The number of carbonyl (C=O) groups is 1. The summed E-state index contributed by atoms with van der Waals surface area (Å²) in [5.74, 6) is -0.779. The summed E-state index contributed by atoms with van der Waals surface area (Å²) in [6.45, 7) is 4.24. The van der Waals surface area contributed by atoms with Crippen LogP contribution >= 0.6 is 12.2 Å². The molecule has 0 spiro atoms. The average Bonchev–Trinajstić information content (AvgIpc) is 2.54. The Labute approximate surface area is 140 Å². The van der Waals surface area contributed by atoms with Crippen LogP contribution in [0, 0.1) is 5.82 Å². The monoisotopic (exact) mass is 330 g/mol. The van der Waals surface area contributed by atoms with Gasteiger partial charge in [0.2, 0.25) is 0 Å². The molecule has 5 heteroatoms. The van der Waals surface area contributed by atoms with Crippen molar-refractivity contribution in [2.45, 2.75) is 26.2 Å². The summed E-state index contributed by atoms with van der Waals surface area (Å²) >= 11 is 5.17. The second-order valence-corrected chi connectivity index (χ2v) is 5.69. The highest BCUT2D eigenvalue weighted by Crippen LogP contribution is 2.26. The molecule has 0 unspecified atom stereocenters. The molecule has 2 rings (SSSR count). The molecular formula is C18H19FN2OS. The number of halogens is 1. The molecule has 0 aromatic heterocycles. The van der Waals surface area contributed by atoms with Gasteiger partial charge in [0, 0.05) is 5.69 Å². The van der Waals surface area contributed by atoms with E-state index in [1.54, 1.807) is 6.07 Å². The van der Waals surface area contributed by atoms with Crippen LogP contribution < -0.4 is 10.6 Å².